The largest absolute Gasteiger partial charge is 0.359 e. The van der Waals surface area contributed by atoms with Crippen molar-refractivity contribution in [2.75, 3.05) is 19.8 Å². The molecule has 0 amide bonds. The van der Waals surface area contributed by atoms with Gasteiger partial charge in [-0.1, -0.05) is 34.9 Å². The van der Waals surface area contributed by atoms with E-state index in [0.717, 1.165) is 31.3 Å². The molecule has 0 aliphatic carbocycles. The zero-order chi connectivity index (χ0) is 22.5. The van der Waals surface area contributed by atoms with Crippen LogP contribution in [-0.2, 0) is 18.2 Å². The highest BCUT2D eigenvalue weighted by Crippen LogP contribution is 2.64. The Labute approximate surface area is 176 Å². The van der Waals surface area contributed by atoms with Crippen molar-refractivity contribution in [3.63, 3.8) is 0 Å². The average molecular weight is 451 g/mol. The Bertz CT molecular complexity index is 652. The molecule has 29 heavy (non-hydrogen) atoms. The molecule has 0 aromatic heterocycles. The third-order valence-electron chi connectivity index (χ3n) is 4.11. The summed E-state index contributed by atoms with van der Waals surface area (Å²) in [4.78, 5) is 19.2. The molecule has 0 saturated heterocycles. The molecule has 7 nitrogen and oxygen atoms in total. The number of rotatable bonds is 15. The fourth-order valence-electron chi connectivity index (χ4n) is 2.63. The molecule has 0 fully saturated rings. The predicted molar refractivity (Wildman–Crippen MR) is 120 cm³/mol. The van der Waals surface area contributed by atoms with E-state index in [4.69, 9.17) is 9.05 Å². The van der Waals surface area contributed by atoms with Gasteiger partial charge in [0, 0.05) is 6.54 Å². The molecule has 0 saturated carbocycles. The lowest BCUT2D eigenvalue weighted by molar-refractivity contribution is 0.211. The van der Waals surface area contributed by atoms with Crippen molar-refractivity contribution < 1.29 is 28.0 Å². The van der Waals surface area contributed by atoms with Crippen LogP contribution in [0.25, 0.3) is 0 Å². The Morgan fingerprint density at radius 2 is 1.38 bits per heavy atom. The van der Waals surface area contributed by atoms with Gasteiger partial charge in [0.05, 0.1) is 13.2 Å². The van der Waals surface area contributed by atoms with Crippen molar-refractivity contribution in [1.82, 2.24) is 5.32 Å². The second-order valence-electron chi connectivity index (χ2n) is 7.21. The maximum Gasteiger partial charge on any atom is 0.359 e. The van der Waals surface area contributed by atoms with Gasteiger partial charge in [-0.05, 0) is 67.2 Å². The second-order valence-corrected chi connectivity index (χ2v) is 11.4. The van der Waals surface area contributed by atoms with Crippen LogP contribution in [0.15, 0.2) is 34.9 Å². The number of allylic oxidation sites excluding steroid dienone is 5. The molecular formula is C20H39NO6P2. The smallest absolute Gasteiger partial charge is 0.323 e. The minimum atomic E-state index is -4.74. The summed E-state index contributed by atoms with van der Waals surface area (Å²) >= 11 is 0. The fraction of sp³-hybridized carbons (Fsp3) is 0.700. The van der Waals surface area contributed by atoms with Crippen molar-refractivity contribution in [3.05, 3.63) is 34.9 Å². The van der Waals surface area contributed by atoms with E-state index in [1.165, 1.54) is 11.1 Å². The van der Waals surface area contributed by atoms with E-state index < -0.39 is 20.7 Å². The minimum Gasteiger partial charge on any atom is -0.323 e. The van der Waals surface area contributed by atoms with E-state index in [2.05, 4.69) is 38.2 Å². The van der Waals surface area contributed by atoms with Gasteiger partial charge in [-0.25, -0.2) is 0 Å². The molecule has 0 heterocycles. The Morgan fingerprint density at radius 1 is 0.897 bits per heavy atom. The molecule has 1 atom stereocenters. The van der Waals surface area contributed by atoms with Crippen LogP contribution >= 0.6 is 15.2 Å². The van der Waals surface area contributed by atoms with Crippen molar-refractivity contribution in [2.24, 2.45) is 0 Å². The maximum absolute atomic E-state index is 12.8. The molecule has 0 aliphatic rings. The Hall–Kier alpha value is -0.520. The Morgan fingerprint density at radius 3 is 1.83 bits per heavy atom. The van der Waals surface area contributed by atoms with Crippen molar-refractivity contribution in [3.8, 4) is 0 Å². The summed E-state index contributed by atoms with van der Waals surface area (Å²) in [5, 5.41) is 2.66. The molecule has 0 radical (unpaired) electrons. The summed E-state index contributed by atoms with van der Waals surface area (Å²) in [6.07, 6.45) is 10.1. The first-order valence-corrected chi connectivity index (χ1v) is 13.4. The molecule has 0 aliphatic heterocycles. The molecule has 0 aromatic rings. The van der Waals surface area contributed by atoms with Gasteiger partial charge in [0.15, 0.2) is 0 Å². The number of hydrogen-bond acceptors (Lipinski definition) is 5. The topological polar surface area (TPSA) is 105 Å². The van der Waals surface area contributed by atoms with Crippen molar-refractivity contribution >= 4 is 15.2 Å². The third-order valence-corrected chi connectivity index (χ3v) is 8.70. The van der Waals surface area contributed by atoms with Crippen molar-refractivity contribution in [2.45, 2.75) is 72.7 Å². The van der Waals surface area contributed by atoms with E-state index in [1.807, 2.05) is 13.0 Å². The lowest BCUT2D eigenvalue weighted by atomic mass is 10.1. The van der Waals surface area contributed by atoms with E-state index >= 15 is 0 Å². The maximum atomic E-state index is 12.8. The summed E-state index contributed by atoms with van der Waals surface area (Å²) in [6, 6.07) is 0. The minimum absolute atomic E-state index is 0.0314. The highest BCUT2D eigenvalue weighted by Gasteiger charge is 2.47. The lowest BCUT2D eigenvalue weighted by Crippen LogP contribution is -2.31. The van der Waals surface area contributed by atoms with E-state index in [1.54, 1.807) is 13.8 Å². The van der Waals surface area contributed by atoms with Crippen molar-refractivity contribution in [1.29, 1.82) is 0 Å². The molecule has 0 bridgehead atoms. The molecule has 0 spiro atoms. The van der Waals surface area contributed by atoms with Crippen LogP contribution < -0.4 is 5.32 Å². The van der Waals surface area contributed by atoms with Gasteiger partial charge in [0.25, 0.3) is 0 Å². The van der Waals surface area contributed by atoms with Crippen LogP contribution in [0.2, 0.25) is 0 Å². The first-order valence-electron chi connectivity index (χ1n) is 10.1. The average Bonchev–Trinajstić information content (AvgIpc) is 2.57. The zero-order valence-electron chi connectivity index (χ0n) is 18.7. The van der Waals surface area contributed by atoms with E-state index in [-0.39, 0.29) is 19.8 Å². The quantitative estimate of drug-likeness (QED) is 0.216. The second kappa shape index (κ2) is 14.5. The summed E-state index contributed by atoms with van der Waals surface area (Å²) in [5.41, 5.74) is 2.08. The van der Waals surface area contributed by atoms with E-state index in [0.29, 0.717) is 0 Å². The van der Waals surface area contributed by atoms with Crippen LogP contribution in [0.3, 0.4) is 0 Å². The number of hydrogen-bond donors (Lipinski definition) is 3. The molecule has 0 aromatic carbocycles. The summed E-state index contributed by atoms with van der Waals surface area (Å²) in [7, 11) is -8.72. The van der Waals surface area contributed by atoms with Crippen LogP contribution in [0.4, 0.5) is 0 Å². The van der Waals surface area contributed by atoms with Crippen LogP contribution in [0, 0.1) is 0 Å². The zero-order valence-corrected chi connectivity index (χ0v) is 20.5. The Kier molecular flexibility index (Phi) is 14.2. The molecule has 3 N–H and O–H groups in total. The van der Waals surface area contributed by atoms with Gasteiger partial charge in [-0.3, -0.25) is 14.4 Å². The molecule has 170 valence electrons. The van der Waals surface area contributed by atoms with E-state index in [9.17, 15) is 18.9 Å². The van der Waals surface area contributed by atoms with Crippen LogP contribution in [0.1, 0.15) is 67.2 Å². The third kappa shape index (κ3) is 12.7. The first kappa shape index (κ1) is 28.5. The fourth-order valence-corrected chi connectivity index (χ4v) is 6.25. The van der Waals surface area contributed by atoms with Crippen LogP contribution in [-0.4, -0.2) is 35.1 Å². The SMILES string of the molecule is CCOP(=O)(OCC)C(NC/C=C(\C)CC/C=C(\C)CCC=C(C)C)P(=O)(O)O. The standard InChI is InChI=1S/C20H39NO6P2/c1-7-26-29(25,27-8-2)20(28(22,23)24)21-16-15-19(6)14-10-13-18(5)12-9-11-17(3)4/h11,13,15,20-21H,7-10,12,14,16H2,1-6H3,(H2,22,23,24)/b18-13+,19-15+. The van der Waals surface area contributed by atoms with Gasteiger partial charge in [0.2, 0.25) is 5.52 Å². The highest BCUT2D eigenvalue weighted by atomic mass is 31.2. The summed E-state index contributed by atoms with van der Waals surface area (Å²) in [5.74, 6) is 0. The first-order chi connectivity index (χ1) is 13.5. The molecule has 1 unspecified atom stereocenters. The predicted octanol–water partition coefficient (Wildman–Crippen LogP) is 5.72. The van der Waals surface area contributed by atoms with Crippen LogP contribution in [0.5, 0.6) is 0 Å². The van der Waals surface area contributed by atoms with Gasteiger partial charge >= 0.3 is 15.2 Å². The summed E-state index contributed by atoms with van der Waals surface area (Å²) < 4.78 is 34.8. The van der Waals surface area contributed by atoms with Gasteiger partial charge in [-0.2, -0.15) is 0 Å². The Balaban J connectivity index is 4.79. The molecular weight excluding hydrogens is 412 g/mol. The van der Waals surface area contributed by atoms with Gasteiger partial charge in [0.1, 0.15) is 0 Å². The lowest BCUT2D eigenvalue weighted by Gasteiger charge is -2.27. The summed E-state index contributed by atoms with van der Waals surface area (Å²) in [6.45, 7) is 11.7. The van der Waals surface area contributed by atoms with Gasteiger partial charge < -0.3 is 18.8 Å². The normalized spacial score (nSPS) is 14.8. The molecule has 0 rings (SSSR count). The number of nitrogens with one attached hydrogen (secondary N) is 1. The monoisotopic (exact) mass is 451 g/mol. The molecule has 9 heteroatoms. The highest BCUT2D eigenvalue weighted by molar-refractivity contribution is 7.71. The van der Waals surface area contributed by atoms with Gasteiger partial charge in [-0.15, -0.1) is 0 Å².